The molecule has 1 aromatic heterocycles. The number of halogens is 3. The second-order valence-corrected chi connectivity index (χ2v) is 5.80. The number of nitrogens with one attached hydrogen (secondary N) is 1. The van der Waals surface area contributed by atoms with Crippen LogP contribution in [0, 0.1) is 5.92 Å². The minimum atomic E-state index is -4.42. The average Bonchev–Trinajstić information content (AvgIpc) is 3.01. The van der Waals surface area contributed by atoms with Crippen molar-refractivity contribution in [3.05, 3.63) is 17.8 Å². The Morgan fingerprint density at radius 1 is 1.10 bits per heavy atom. The monoisotopic (exact) mass is 300 g/mol. The lowest BCUT2D eigenvalue weighted by atomic mass is 9.88. The molecule has 1 atom stereocenters. The summed E-state index contributed by atoms with van der Waals surface area (Å²) in [7, 11) is 0. The summed E-state index contributed by atoms with van der Waals surface area (Å²) < 4.78 is 37.4. The normalized spacial score (nSPS) is 24.5. The standard InChI is InChI=1S/C14H19F3N4/c15-14(16,17)12-3-4-13(20-19-12)21-8-5-10(6-9-21)11-2-1-7-18-11/h3-4,10-11,18H,1-2,5-9H2. The van der Waals surface area contributed by atoms with Gasteiger partial charge >= 0.3 is 6.18 Å². The SMILES string of the molecule is FC(F)(F)c1ccc(N2CCC(C3CCCN3)CC2)nn1. The van der Waals surface area contributed by atoms with Crippen LogP contribution in [-0.4, -0.2) is 35.9 Å². The van der Waals surface area contributed by atoms with E-state index in [2.05, 4.69) is 15.5 Å². The highest BCUT2D eigenvalue weighted by molar-refractivity contribution is 5.38. The van der Waals surface area contributed by atoms with Crippen LogP contribution in [0.2, 0.25) is 0 Å². The topological polar surface area (TPSA) is 41.0 Å². The molecule has 0 saturated carbocycles. The Balaban J connectivity index is 1.59. The first-order chi connectivity index (χ1) is 10.0. The molecule has 4 nitrogen and oxygen atoms in total. The summed E-state index contributed by atoms with van der Waals surface area (Å²) in [6.07, 6.45) is 0.174. The Kier molecular flexibility index (Phi) is 4.01. The van der Waals surface area contributed by atoms with Crippen molar-refractivity contribution in [2.75, 3.05) is 24.5 Å². The minimum Gasteiger partial charge on any atom is -0.355 e. The molecule has 2 fully saturated rings. The average molecular weight is 300 g/mol. The van der Waals surface area contributed by atoms with Crippen molar-refractivity contribution < 1.29 is 13.2 Å². The van der Waals surface area contributed by atoms with Crippen LogP contribution in [0.4, 0.5) is 19.0 Å². The van der Waals surface area contributed by atoms with E-state index in [-0.39, 0.29) is 0 Å². The Hall–Kier alpha value is -1.37. The summed E-state index contributed by atoms with van der Waals surface area (Å²) in [5, 5.41) is 10.6. The van der Waals surface area contributed by atoms with Crippen molar-refractivity contribution in [1.29, 1.82) is 0 Å². The fourth-order valence-corrected chi connectivity index (χ4v) is 3.29. The predicted molar refractivity (Wildman–Crippen MR) is 73.0 cm³/mol. The van der Waals surface area contributed by atoms with Crippen LogP contribution in [0.25, 0.3) is 0 Å². The number of piperidine rings is 1. The van der Waals surface area contributed by atoms with Crippen LogP contribution in [0.1, 0.15) is 31.4 Å². The molecule has 0 spiro atoms. The van der Waals surface area contributed by atoms with Gasteiger partial charge in [0.2, 0.25) is 0 Å². The summed E-state index contributed by atoms with van der Waals surface area (Å²) in [6.45, 7) is 2.78. The van der Waals surface area contributed by atoms with Crippen molar-refractivity contribution in [1.82, 2.24) is 15.5 Å². The highest BCUT2D eigenvalue weighted by atomic mass is 19.4. The Labute approximate surface area is 121 Å². The van der Waals surface area contributed by atoms with Crippen LogP contribution in [0.15, 0.2) is 12.1 Å². The first kappa shape index (κ1) is 14.6. The van der Waals surface area contributed by atoms with E-state index < -0.39 is 11.9 Å². The summed E-state index contributed by atoms with van der Waals surface area (Å²) >= 11 is 0. The molecule has 2 aliphatic rings. The fraction of sp³-hybridized carbons (Fsp3) is 0.714. The van der Waals surface area contributed by atoms with Crippen LogP contribution >= 0.6 is 0 Å². The second-order valence-electron chi connectivity index (χ2n) is 5.80. The van der Waals surface area contributed by atoms with Crippen molar-refractivity contribution in [2.24, 2.45) is 5.92 Å². The number of aromatic nitrogens is 2. The number of hydrogen-bond donors (Lipinski definition) is 1. The maximum Gasteiger partial charge on any atom is 0.435 e. The van der Waals surface area contributed by atoms with Gasteiger partial charge in [0.25, 0.3) is 0 Å². The minimum absolute atomic E-state index is 0.542. The summed E-state index contributed by atoms with van der Waals surface area (Å²) in [6, 6.07) is 3.04. The number of nitrogens with zero attached hydrogens (tertiary/aromatic N) is 3. The second kappa shape index (κ2) is 5.79. The Morgan fingerprint density at radius 2 is 1.86 bits per heavy atom. The first-order valence-electron chi connectivity index (χ1n) is 7.43. The third-order valence-corrected chi connectivity index (χ3v) is 4.47. The van der Waals surface area contributed by atoms with Crippen molar-refractivity contribution in [3.63, 3.8) is 0 Å². The number of rotatable bonds is 2. The highest BCUT2D eigenvalue weighted by Crippen LogP contribution is 2.30. The zero-order chi connectivity index (χ0) is 14.9. The van der Waals surface area contributed by atoms with Crippen molar-refractivity contribution >= 4 is 5.82 Å². The molecule has 0 radical (unpaired) electrons. The van der Waals surface area contributed by atoms with Gasteiger partial charge in [0.05, 0.1) is 0 Å². The van der Waals surface area contributed by atoms with Crippen LogP contribution < -0.4 is 10.2 Å². The molecule has 1 aromatic rings. The summed E-state index contributed by atoms with van der Waals surface area (Å²) in [5.41, 5.74) is -0.934. The van der Waals surface area contributed by atoms with Crippen LogP contribution in [-0.2, 0) is 6.18 Å². The third-order valence-electron chi connectivity index (χ3n) is 4.47. The maximum absolute atomic E-state index is 12.5. The van der Waals surface area contributed by atoms with E-state index in [1.165, 1.54) is 18.9 Å². The molecule has 7 heteroatoms. The first-order valence-corrected chi connectivity index (χ1v) is 7.43. The molecule has 21 heavy (non-hydrogen) atoms. The van der Waals surface area contributed by atoms with Gasteiger partial charge in [-0.05, 0) is 50.3 Å². The number of anilines is 1. The fourth-order valence-electron chi connectivity index (χ4n) is 3.29. The van der Waals surface area contributed by atoms with E-state index >= 15 is 0 Å². The predicted octanol–water partition coefficient (Wildman–Crippen LogP) is 2.46. The third kappa shape index (κ3) is 3.28. The van der Waals surface area contributed by atoms with E-state index in [1.54, 1.807) is 0 Å². The summed E-state index contributed by atoms with van der Waals surface area (Å²) in [5.74, 6) is 1.21. The lowest BCUT2D eigenvalue weighted by molar-refractivity contribution is -0.141. The van der Waals surface area contributed by atoms with Crippen LogP contribution in [0.3, 0.4) is 0 Å². The van der Waals surface area contributed by atoms with Gasteiger partial charge in [-0.15, -0.1) is 10.2 Å². The highest BCUT2D eigenvalue weighted by Gasteiger charge is 2.33. The molecular formula is C14H19F3N4. The van der Waals surface area contributed by atoms with Crippen molar-refractivity contribution in [3.8, 4) is 0 Å². The molecule has 2 saturated heterocycles. The number of alkyl halides is 3. The molecule has 0 aliphatic carbocycles. The lowest BCUT2D eigenvalue weighted by Gasteiger charge is -2.35. The van der Waals surface area contributed by atoms with Crippen LogP contribution in [0.5, 0.6) is 0 Å². The molecular weight excluding hydrogens is 281 g/mol. The van der Waals surface area contributed by atoms with E-state index in [4.69, 9.17) is 0 Å². The number of hydrogen-bond acceptors (Lipinski definition) is 4. The molecule has 0 bridgehead atoms. The van der Waals surface area contributed by atoms with E-state index in [9.17, 15) is 13.2 Å². The largest absolute Gasteiger partial charge is 0.435 e. The van der Waals surface area contributed by atoms with E-state index in [0.717, 1.165) is 38.5 Å². The lowest BCUT2D eigenvalue weighted by Crippen LogP contribution is -2.41. The molecule has 1 unspecified atom stereocenters. The molecule has 0 aromatic carbocycles. The molecule has 116 valence electrons. The van der Waals surface area contributed by atoms with Gasteiger partial charge in [0, 0.05) is 19.1 Å². The van der Waals surface area contributed by atoms with Crippen molar-refractivity contribution in [2.45, 2.75) is 37.9 Å². The molecule has 0 amide bonds. The Bertz CT molecular complexity index is 460. The van der Waals surface area contributed by atoms with Gasteiger partial charge < -0.3 is 10.2 Å². The molecule has 2 aliphatic heterocycles. The Morgan fingerprint density at radius 3 is 2.38 bits per heavy atom. The molecule has 3 rings (SSSR count). The van der Waals surface area contributed by atoms with Gasteiger partial charge in [0.1, 0.15) is 0 Å². The van der Waals surface area contributed by atoms with Gasteiger partial charge in [-0.3, -0.25) is 0 Å². The zero-order valence-corrected chi connectivity index (χ0v) is 11.7. The van der Waals surface area contributed by atoms with Gasteiger partial charge in [-0.2, -0.15) is 13.2 Å². The zero-order valence-electron chi connectivity index (χ0n) is 11.7. The molecule has 3 heterocycles. The quantitative estimate of drug-likeness (QED) is 0.911. The maximum atomic E-state index is 12.5. The van der Waals surface area contributed by atoms with Gasteiger partial charge in [-0.1, -0.05) is 0 Å². The van der Waals surface area contributed by atoms with Gasteiger partial charge in [-0.25, -0.2) is 0 Å². The van der Waals surface area contributed by atoms with Gasteiger partial charge in [0.15, 0.2) is 11.5 Å². The molecule has 1 N–H and O–H groups in total. The summed E-state index contributed by atoms with van der Waals surface area (Å²) in [4.78, 5) is 2.03. The van der Waals surface area contributed by atoms with E-state index in [1.807, 2.05) is 4.90 Å². The smallest absolute Gasteiger partial charge is 0.355 e. The van der Waals surface area contributed by atoms with E-state index in [0.29, 0.717) is 17.8 Å².